The SMILES string of the molecule is CC(C)CN1C(=O)CCC2CN(C(=O)CCc3cccnc3)CCC21. The first-order valence-electron chi connectivity index (χ1n) is 9.50. The number of carbonyl (C=O) groups excluding carboxylic acids is 2. The van der Waals surface area contributed by atoms with Crippen LogP contribution in [0.15, 0.2) is 24.5 Å². The molecule has 3 rings (SSSR count). The molecule has 5 heteroatoms. The van der Waals surface area contributed by atoms with Gasteiger partial charge in [-0.3, -0.25) is 14.6 Å². The molecule has 0 saturated carbocycles. The third-order valence-electron chi connectivity index (χ3n) is 5.41. The number of likely N-dealkylation sites (tertiary alicyclic amines) is 2. The molecule has 2 saturated heterocycles. The van der Waals surface area contributed by atoms with Gasteiger partial charge in [-0.05, 0) is 42.7 Å². The lowest BCUT2D eigenvalue weighted by Crippen LogP contribution is -2.57. The van der Waals surface area contributed by atoms with Gasteiger partial charge in [0, 0.05) is 50.9 Å². The normalized spacial score (nSPS) is 23.7. The molecule has 5 nitrogen and oxygen atoms in total. The van der Waals surface area contributed by atoms with Crippen LogP contribution in [0, 0.1) is 11.8 Å². The maximum Gasteiger partial charge on any atom is 0.222 e. The number of pyridine rings is 1. The number of amides is 2. The van der Waals surface area contributed by atoms with Gasteiger partial charge in [-0.25, -0.2) is 0 Å². The van der Waals surface area contributed by atoms with Crippen molar-refractivity contribution < 1.29 is 9.59 Å². The summed E-state index contributed by atoms with van der Waals surface area (Å²) in [6.45, 7) is 6.74. The second-order valence-corrected chi connectivity index (χ2v) is 7.80. The Morgan fingerprint density at radius 2 is 2.20 bits per heavy atom. The molecule has 0 spiro atoms. The van der Waals surface area contributed by atoms with Gasteiger partial charge >= 0.3 is 0 Å². The van der Waals surface area contributed by atoms with Crippen LogP contribution in [0.2, 0.25) is 0 Å². The molecule has 2 aliphatic rings. The molecule has 3 heterocycles. The molecule has 2 aliphatic heterocycles. The zero-order chi connectivity index (χ0) is 17.8. The molecule has 0 aromatic carbocycles. The summed E-state index contributed by atoms with van der Waals surface area (Å²) in [6, 6.07) is 4.25. The number of hydrogen-bond acceptors (Lipinski definition) is 3. The summed E-state index contributed by atoms with van der Waals surface area (Å²) in [6.07, 6.45) is 7.34. The van der Waals surface area contributed by atoms with E-state index in [4.69, 9.17) is 0 Å². The van der Waals surface area contributed by atoms with Crippen molar-refractivity contribution in [3.63, 3.8) is 0 Å². The van der Waals surface area contributed by atoms with Crippen LogP contribution in [0.25, 0.3) is 0 Å². The van der Waals surface area contributed by atoms with Crippen molar-refractivity contribution in [2.45, 2.75) is 52.0 Å². The van der Waals surface area contributed by atoms with E-state index in [1.54, 1.807) is 6.20 Å². The van der Waals surface area contributed by atoms with E-state index < -0.39 is 0 Å². The Morgan fingerprint density at radius 1 is 1.36 bits per heavy atom. The predicted molar refractivity (Wildman–Crippen MR) is 96.8 cm³/mol. The van der Waals surface area contributed by atoms with E-state index in [1.807, 2.05) is 23.2 Å². The number of nitrogens with zero attached hydrogens (tertiary/aromatic N) is 3. The van der Waals surface area contributed by atoms with Crippen molar-refractivity contribution in [3.05, 3.63) is 30.1 Å². The second-order valence-electron chi connectivity index (χ2n) is 7.80. The van der Waals surface area contributed by atoms with E-state index in [1.165, 1.54) is 0 Å². The monoisotopic (exact) mass is 343 g/mol. The number of carbonyl (C=O) groups is 2. The zero-order valence-corrected chi connectivity index (χ0v) is 15.4. The molecular weight excluding hydrogens is 314 g/mol. The smallest absolute Gasteiger partial charge is 0.222 e. The topological polar surface area (TPSA) is 53.5 Å². The van der Waals surface area contributed by atoms with Gasteiger partial charge in [0.2, 0.25) is 11.8 Å². The van der Waals surface area contributed by atoms with Gasteiger partial charge in [-0.1, -0.05) is 19.9 Å². The van der Waals surface area contributed by atoms with Crippen LogP contribution < -0.4 is 0 Å². The van der Waals surface area contributed by atoms with Gasteiger partial charge in [0.1, 0.15) is 0 Å². The summed E-state index contributed by atoms with van der Waals surface area (Å²) in [5.41, 5.74) is 1.11. The van der Waals surface area contributed by atoms with E-state index in [0.717, 1.165) is 44.5 Å². The van der Waals surface area contributed by atoms with Gasteiger partial charge < -0.3 is 9.80 Å². The predicted octanol–water partition coefficient (Wildman–Crippen LogP) is 2.51. The van der Waals surface area contributed by atoms with Crippen LogP contribution in [0.5, 0.6) is 0 Å². The Bertz CT molecular complexity index is 602. The molecule has 2 atom stereocenters. The lowest BCUT2D eigenvalue weighted by Gasteiger charge is -2.47. The van der Waals surface area contributed by atoms with Gasteiger partial charge in [0.05, 0.1) is 0 Å². The summed E-state index contributed by atoms with van der Waals surface area (Å²) in [5.74, 6) is 1.45. The molecule has 2 amide bonds. The van der Waals surface area contributed by atoms with Crippen molar-refractivity contribution in [2.24, 2.45) is 11.8 Å². The highest BCUT2D eigenvalue weighted by atomic mass is 16.2. The molecule has 136 valence electrons. The van der Waals surface area contributed by atoms with Gasteiger partial charge in [0.25, 0.3) is 0 Å². The fourth-order valence-corrected chi connectivity index (χ4v) is 4.16. The summed E-state index contributed by atoms with van der Waals surface area (Å²) in [5, 5.41) is 0. The van der Waals surface area contributed by atoms with E-state index in [2.05, 4.69) is 23.7 Å². The van der Waals surface area contributed by atoms with Crippen LogP contribution >= 0.6 is 0 Å². The minimum Gasteiger partial charge on any atom is -0.342 e. The lowest BCUT2D eigenvalue weighted by molar-refractivity contribution is -0.144. The first kappa shape index (κ1) is 17.9. The summed E-state index contributed by atoms with van der Waals surface area (Å²) in [4.78, 5) is 33.1. The van der Waals surface area contributed by atoms with Crippen LogP contribution in [0.4, 0.5) is 0 Å². The molecule has 0 N–H and O–H groups in total. The van der Waals surface area contributed by atoms with Crippen LogP contribution in [-0.2, 0) is 16.0 Å². The molecular formula is C20H29N3O2. The highest BCUT2D eigenvalue weighted by Gasteiger charge is 2.40. The summed E-state index contributed by atoms with van der Waals surface area (Å²) in [7, 11) is 0. The van der Waals surface area contributed by atoms with E-state index in [-0.39, 0.29) is 5.91 Å². The molecule has 2 unspecified atom stereocenters. The number of piperidine rings is 2. The van der Waals surface area contributed by atoms with Crippen LogP contribution in [-0.4, -0.2) is 52.3 Å². The first-order chi connectivity index (χ1) is 12.0. The Hall–Kier alpha value is -1.91. The highest BCUT2D eigenvalue weighted by molar-refractivity contribution is 5.78. The molecule has 25 heavy (non-hydrogen) atoms. The average Bonchev–Trinajstić information content (AvgIpc) is 2.62. The molecule has 1 aromatic heterocycles. The second kappa shape index (κ2) is 7.98. The minimum absolute atomic E-state index is 0.231. The third kappa shape index (κ3) is 4.39. The molecule has 0 radical (unpaired) electrons. The van der Waals surface area contributed by atoms with Gasteiger partial charge in [-0.2, -0.15) is 0 Å². The molecule has 1 aromatic rings. The van der Waals surface area contributed by atoms with Crippen molar-refractivity contribution >= 4 is 11.8 Å². The average molecular weight is 343 g/mol. The summed E-state index contributed by atoms with van der Waals surface area (Å²) < 4.78 is 0. The largest absolute Gasteiger partial charge is 0.342 e. The number of aromatic nitrogens is 1. The summed E-state index contributed by atoms with van der Waals surface area (Å²) >= 11 is 0. The number of rotatable bonds is 5. The maximum atomic E-state index is 12.6. The van der Waals surface area contributed by atoms with Crippen molar-refractivity contribution in [1.82, 2.24) is 14.8 Å². The third-order valence-corrected chi connectivity index (χ3v) is 5.41. The van der Waals surface area contributed by atoms with Crippen LogP contribution in [0.1, 0.15) is 45.1 Å². The standard InChI is InChI=1S/C20H29N3O2/c1-15(2)13-23-18-9-11-22(14-17(18)6-8-20(23)25)19(24)7-5-16-4-3-10-21-12-16/h3-4,10,12,15,17-18H,5-9,11,13-14H2,1-2H3. The minimum atomic E-state index is 0.231. The quantitative estimate of drug-likeness (QED) is 0.825. The van der Waals surface area contributed by atoms with Gasteiger partial charge in [-0.15, -0.1) is 0 Å². The zero-order valence-electron chi connectivity index (χ0n) is 15.4. The Morgan fingerprint density at radius 3 is 2.92 bits per heavy atom. The van der Waals surface area contributed by atoms with E-state index in [9.17, 15) is 9.59 Å². The number of aryl methyl sites for hydroxylation is 1. The Labute approximate surface area is 150 Å². The Kier molecular flexibility index (Phi) is 5.71. The number of fused-ring (bicyclic) bond motifs is 1. The maximum absolute atomic E-state index is 12.6. The van der Waals surface area contributed by atoms with Crippen molar-refractivity contribution in [2.75, 3.05) is 19.6 Å². The van der Waals surface area contributed by atoms with Crippen molar-refractivity contribution in [3.8, 4) is 0 Å². The fraction of sp³-hybridized carbons (Fsp3) is 0.650. The Balaban J connectivity index is 1.55. The highest BCUT2D eigenvalue weighted by Crippen LogP contribution is 2.32. The van der Waals surface area contributed by atoms with E-state index in [0.29, 0.717) is 36.6 Å². The molecule has 2 fully saturated rings. The molecule has 0 aliphatic carbocycles. The molecule has 0 bridgehead atoms. The number of hydrogen-bond donors (Lipinski definition) is 0. The van der Waals surface area contributed by atoms with Crippen molar-refractivity contribution in [1.29, 1.82) is 0 Å². The lowest BCUT2D eigenvalue weighted by atomic mass is 9.83. The van der Waals surface area contributed by atoms with Gasteiger partial charge in [0.15, 0.2) is 0 Å². The van der Waals surface area contributed by atoms with E-state index >= 15 is 0 Å². The first-order valence-corrected chi connectivity index (χ1v) is 9.50. The van der Waals surface area contributed by atoms with Crippen LogP contribution in [0.3, 0.4) is 0 Å². The fourth-order valence-electron chi connectivity index (χ4n) is 4.16.